The Hall–Kier alpha value is -1.14. The number of ether oxygens (including phenoxy) is 1. The van der Waals surface area contributed by atoms with Crippen molar-refractivity contribution in [2.75, 3.05) is 26.8 Å². The van der Waals surface area contributed by atoms with Crippen molar-refractivity contribution in [3.8, 4) is 0 Å². The van der Waals surface area contributed by atoms with E-state index in [1.807, 2.05) is 0 Å². The topological polar surface area (TPSA) is 87.7 Å². The van der Waals surface area contributed by atoms with Gasteiger partial charge in [0.05, 0.1) is 17.9 Å². The van der Waals surface area contributed by atoms with Crippen LogP contribution in [0.4, 0.5) is 0 Å². The first kappa shape index (κ1) is 15.3. The minimum absolute atomic E-state index is 0.00721. The number of aliphatic carboxylic acids is 1. The van der Waals surface area contributed by atoms with E-state index in [1.54, 1.807) is 7.11 Å². The summed E-state index contributed by atoms with van der Waals surface area (Å²) in [6, 6.07) is -0.00721. The van der Waals surface area contributed by atoms with Gasteiger partial charge in [-0.25, -0.2) is 0 Å². The lowest BCUT2D eigenvalue weighted by atomic mass is 9.78. The molecule has 2 atom stereocenters. The van der Waals surface area contributed by atoms with Crippen molar-refractivity contribution < 1.29 is 19.4 Å². The zero-order valence-electron chi connectivity index (χ0n) is 12.0. The molecule has 1 saturated heterocycles. The highest BCUT2D eigenvalue weighted by molar-refractivity contribution is 5.83. The Kier molecular flexibility index (Phi) is 4.99. The van der Waals surface area contributed by atoms with Gasteiger partial charge in [-0.3, -0.25) is 9.59 Å². The average Bonchev–Trinajstić information content (AvgIpc) is 2.89. The maximum absolute atomic E-state index is 12.6. The summed E-state index contributed by atoms with van der Waals surface area (Å²) in [6.07, 6.45) is 3.48. The smallest absolute Gasteiger partial charge is 0.306 e. The third-order valence-corrected chi connectivity index (χ3v) is 4.58. The lowest BCUT2D eigenvalue weighted by Crippen LogP contribution is -2.52. The molecular weight excluding hydrogens is 260 g/mol. The van der Waals surface area contributed by atoms with Crippen molar-refractivity contribution >= 4 is 11.9 Å². The zero-order valence-corrected chi connectivity index (χ0v) is 12.0. The third kappa shape index (κ3) is 3.30. The molecule has 0 aromatic rings. The molecule has 3 N–H and O–H groups in total. The van der Waals surface area contributed by atoms with E-state index < -0.39 is 11.4 Å². The maximum Gasteiger partial charge on any atom is 0.306 e. The van der Waals surface area contributed by atoms with E-state index in [0.29, 0.717) is 19.4 Å². The first-order valence-corrected chi connectivity index (χ1v) is 7.31. The summed E-state index contributed by atoms with van der Waals surface area (Å²) in [4.78, 5) is 23.5. The fraction of sp³-hybridized carbons (Fsp3) is 0.857. The Bertz CT molecular complexity index is 361. The quantitative estimate of drug-likeness (QED) is 0.679. The Morgan fingerprint density at radius 3 is 2.60 bits per heavy atom. The van der Waals surface area contributed by atoms with Crippen LogP contribution in [0.15, 0.2) is 0 Å². The van der Waals surface area contributed by atoms with Gasteiger partial charge in [0.25, 0.3) is 0 Å². The molecule has 1 amide bonds. The molecule has 1 aliphatic carbocycles. The van der Waals surface area contributed by atoms with E-state index in [9.17, 15) is 9.59 Å². The molecule has 1 heterocycles. The van der Waals surface area contributed by atoms with E-state index in [0.717, 1.165) is 32.4 Å². The number of methoxy groups -OCH3 is 1. The highest BCUT2D eigenvalue weighted by atomic mass is 16.5. The van der Waals surface area contributed by atoms with Gasteiger partial charge >= 0.3 is 5.97 Å². The van der Waals surface area contributed by atoms with Crippen LogP contribution in [-0.4, -0.2) is 49.8 Å². The van der Waals surface area contributed by atoms with Crippen LogP contribution in [0.3, 0.4) is 0 Å². The molecule has 0 aromatic carbocycles. The van der Waals surface area contributed by atoms with Crippen molar-refractivity contribution in [1.29, 1.82) is 0 Å². The molecule has 0 bridgehead atoms. The summed E-state index contributed by atoms with van der Waals surface area (Å²) in [5.41, 5.74) is -0.457. The van der Waals surface area contributed by atoms with Gasteiger partial charge < -0.3 is 20.5 Å². The number of carboxylic acids is 1. The van der Waals surface area contributed by atoms with Gasteiger partial charge in [-0.05, 0) is 45.2 Å². The summed E-state index contributed by atoms with van der Waals surface area (Å²) >= 11 is 0. The standard InChI is InChI=1S/C14H24N2O4/c1-20-9-14(4-6-15-7-5-14)13(19)16-11-3-2-10(8-11)12(17)18/h10-11,15H,2-9H2,1H3,(H,16,19)(H,17,18). The number of amides is 1. The molecule has 1 saturated carbocycles. The molecule has 2 unspecified atom stereocenters. The maximum atomic E-state index is 12.6. The summed E-state index contributed by atoms with van der Waals surface area (Å²) < 4.78 is 5.25. The number of hydrogen-bond acceptors (Lipinski definition) is 4. The molecule has 2 fully saturated rings. The van der Waals surface area contributed by atoms with Gasteiger partial charge in [0.2, 0.25) is 5.91 Å². The van der Waals surface area contributed by atoms with Gasteiger partial charge in [-0.15, -0.1) is 0 Å². The van der Waals surface area contributed by atoms with E-state index >= 15 is 0 Å². The third-order valence-electron chi connectivity index (χ3n) is 4.58. The summed E-state index contributed by atoms with van der Waals surface area (Å²) in [5.74, 6) is -1.04. The van der Waals surface area contributed by atoms with E-state index in [1.165, 1.54) is 0 Å². The van der Waals surface area contributed by atoms with Gasteiger partial charge in [-0.1, -0.05) is 0 Å². The molecule has 0 aromatic heterocycles. The lowest BCUT2D eigenvalue weighted by molar-refractivity contribution is -0.142. The zero-order chi connectivity index (χ0) is 14.6. The first-order valence-electron chi connectivity index (χ1n) is 7.31. The highest BCUT2D eigenvalue weighted by Gasteiger charge is 2.41. The van der Waals surface area contributed by atoms with Crippen LogP contribution in [-0.2, 0) is 14.3 Å². The fourth-order valence-electron chi connectivity index (χ4n) is 3.29. The number of nitrogens with one attached hydrogen (secondary N) is 2. The van der Waals surface area contributed by atoms with Crippen LogP contribution in [0.2, 0.25) is 0 Å². The first-order chi connectivity index (χ1) is 9.57. The minimum atomic E-state index is -0.754. The Morgan fingerprint density at radius 2 is 2.05 bits per heavy atom. The molecule has 20 heavy (non-hydrogen) atoms. The predicted molar refractivity (Wildman–Crippen MR) is 73.3 cm³/mol. The van der Waals surface area contributed by atoms with E-state index in [4.69, 9.17) is 9.84 Å². The second-order valence-corrected chi connectivity index (χ2v) is 5.98. The van der Waals surface area contributed by atoms with Crippen molar-refractivity contribution in [3.63, 3.8) is 0 Å². The van der Waals surface area contributed by atoms with Crippen molar-refractivity contribution in [3.05, 3.63) is 0 Å². The molecule has 6 nitrogen and oxygen atoms in total. The Balaban J connectivity index is 1.94. The van der Waals surface area contributed by atoms with Crippen LogP contribution in [0.25, 0.3) is 0 Å². The molecule has 2 aliphatic rings. The van der Waals surface area contributed by atoms with Crippen LogP contribution in [0.5, 0.6) is 0 Å². The molecule has 6 heteroatoms. The largest absolute Gasteiger partial charge is 0.481 e. The molecule has 1 aliphatic heterocycles. The Morgan fingerprint density at radius 1 is 1.35 bits per heavy atom. The molecule has 114 valence electrons. The van der Waals surface area contributed by atoms with E-state index in [-0.39, 0.29) is 17.9 Å². The SMILES string of the molecule is COCC1(C(=O)NC2CCC(C(=O)O)C2)CCNCC1. The predicted octanol–water partition coefficient (Wildman–Crippen LogP) is 0.372. The normalized spacial score (nSPS) is 29.1. The Labute approximate surface area is 119 Å². The number of carboxylic acid groups (broad SMARTS) is 1. The second kappa shape index (κ2) is 6.54. The molecule has 0 radical (unpaired) electrons. The monoisotopic (exact) mass is 284 g/mol. The highest BCUT2D eigenvalue weighted by Crippen LogP contribution is 2.31. The molecular formula is C14H24N2O4. The van der Waals surface area contributed by atoms with Crippen molar-refractivity contribution in [2.45, 2.75) is 38.1 Å². The van der Waals surface area contributed by atoms with Crippen LogP contribution < -0.4 is 10.6 Å². The molecule has 0 spiro atoms. The number of carbonyl (C=O) groups is 2. The van der Waals surface area contributed by atoms with Crippen molar-refractivity contribution in [2.24, 2.45) is 11.3 Å². The second-order valence-electron chi connectivity index (χ2n) is 5.98. The number of rotatable bonds is 5. The number of piperidine rings is 1. The van der Waals surface area contributed by atoms with E-state index in [2.05, 4.69) is 10.6 Å². The van der Waals surface area contributed by atoms with Crippen molar-refractivity contribution in [1.82, 2.24) is 10.6 Å². The summed E-state index contributed by atoms with van der Waals surface area (Å²) in [5, 5.41) is 15.3. The summed E-state index contributed by atoms with van der Waals surface area (Å²) in [6.45, 7) is 2.06. The van der Waals surface area contributed by atoms with Gasteiger partial charge in [0.15, 0.2) is 0 Å². The van der Waals surface area contributed by atoms with Gasteiger partial charge in [-0.2, -0.15) is 0 Å². The number of hydrogen-bond donors (Lipinski definition) is 3. The minimum Gasteiger partial charge on any atom is -0.481 e. The molecule has 2 rings (SSSR count). The van der Waals surface area contributed by atoms with Gasteiger partial charge in [0, 0.05) is 13.2 Å². The number of carbonyl (C=O) groups excluding carboxylic acids is 1. The van der Waals surface area contributed by atoms with Crippen LogP contribution in [0, 0.1) is 11.3 Å². The lowest BCUT2D eigenvalue weighted by Gasteiger charge is -2.36. The summed E-state index contributed by atoms with van der Waals surface area (Å²) in [7, 11) is 1.62. The average molecular weight is 284 g/mol. The van der Waals surface area contributed by atoms with Crippen LogP contribution in [0.1, 0.15) is 32.1 Å². The van der Waals surface area contributed by atoms with Crippen LogP contribution >= 0.6 is 0 Å². The van der Waals surface area contributed by atoms with Gasteiger partial charge in [0.1, 0.15) is 0 Å². The fourth-order valence-corrected chi connectivity index (χ4v) is 3.29.